The third-order valence-corrected chi connectivity index (χ3v) is 7.85. The van der Waals surface area contributed by atoms with Crippen molar-refractivity contribution in [3.63, 3.8) is 0 Å². The monoisotopic (exact) mass is 546 g/mol. The van der Waals surface area contributed by atoms with Gasteiger partial charge in [-0.3, -0.25) is 0 Å². The number of hydrogen-bond donors (Lipinski definition) is 0. The van der Waals surface area contributed by atoms with Gasteiger partial charge < -0.3 is 4.90 Å². The maximum atomic E-state index is 9.35. The molecule has 0 bridgehead atoms. The second-order valence-corrected chi connectivity index (χ2v) is 10.5. The number of nitriles is 3. The molecule has 43 heavy (non-hydrogen) atoms. The highest BCUT2D eigenvalue weighted by molar-refractivity contribution is 5.94. The van der Waals surface area contributed by atoms with Crippen LogP contribution in [0.25, 0.3) is 43.4 Å². The molecule has 7 rings (SSSR count). The van der Waals surface area contributed by atoms with Crippen molar-refractivity contribution in [3.8, 4) is 29.3 Å². The van der Waals surface area contributed by atoms with Gasteiger partial charge in [0.2, 0.25) is 0 Å². The van der Waals surface area contributed by atoms with E-state index in [2.05, 4.69) is 102 Å². The van der Waals surface area contributed by atoms with E-state index in [1.165, 1.54) is 0 Å². The summed E-state index contributed by atoms with van der Waals surface area (Å²) in [4.78, 5) is 2.23. The zero-order valence-electron chi connectivity index (χ0n) is 23.0. The first-order valence-electron chi connectivity index (χ1n) is 13.8. The number of rotatable bonds is 4. The molecular weight excluding hydrogens is 524 g/mol. The highest BCUT2D eigenvalue weighted by atomic mass is 15.1. The van der Waals surface area contributed by atoms with Gasteiger partial charge in [-0.05, 0) is 122 Å². The van der Waals surface area contributed by atoms with Gasteiger partial charge >= 0.3 is 0 Å². The summed E-state index contributed by atoms with van der Waals surface area (Å²) in [6, 6.07) is 51.3. The molecule has 0 aliphatic rings. The van der Waals surface area contributed by atoms with Crippen LogP contribution < -0.4 is 4.90 Å². The molecule has 4 heteroatoms. The fourth-order valence-electron chi connectivity index (χ4n) is 5.63. The van der Waals surface area contributed by atoms with Crippen LogP contribution in [-0.4, -0.2) is 0 Å². The van der Waals surface area contributed by atoms with Gasteiger partial charge in [0.15, 0.2) is 0 Å². The summed E-state index contributed by atoms with van der Waals surface area (Å²) in [5, 5.41) is 34.2. The minimum atomic E-state index is 0.637. The molecule has 0 spiro atoms. The number of benzene rings is 7. The lowest BCUT2D eigenvalue weighted by Crippen LogP contribution is -2.10. The van der Waals surface area contributed by atoms with Crippen molar-refractivity contribution in [1.82, 2.24) is 0 Å². The van der Waals surface area contributed by atoms with Gasteiger partial charge in [-0.1, -0.05) is 54.6 Å². The molecule has 0 fully saturated rings. The fourth-order valence-corrected chi connectivity index (χ4v) is 5.63. The van der Waals surface area contributed by atoms with E-state index in [4.69, 9.17) is 0 Å². The molecule has 0 aliphatic carbocycles. The molecule has 0 aliphatic heterocycles. The van der Waals surface area contributed by atoms with E-state index in [9.17, 15) is 15.8 Å². The number of hydrogen-bond acceptors (Lipinski definition) is 4. The Morgan fingerprint density at radius 2 is 0.674 bits per heavy atom. The summed E-state index contributed by atoms with van der Waals surface area (Å²) < 4.78 is 0. The van der Waals surface area contributed by atoms with E-state index >= 15 is 0 Å². The Balaban J connectivity index is 1.33. The second kappa shape index (κ2) is 10.5. The molecule has 4 nitrogen and oxygen atoms in total. The van der Waals surface area contributed by atoms with E-state index in [0.717, 1.165) is 60.5 Å². The molecule has 0 unspecified atom stereocenters. The highest BCUT2D eigenvalue weighted by Gasteiger charge is 2.15. The summed E-state index contributed by atoms with van der Waals surface area (Å²) in [5.41, 5.74) is 7.13. The van der Waals surface area contributed by atoms with Crippen molar-refractivity contribution in [3.05, 3.63) is 150 Å². The minimum Gasteiger partial charge on any atom is -0.310 e. The van der Waals surface area contributed by atoms with Crippen LogP contribution in [0.2, 0.25) is 0 Å². The molecule has 0 aromatic heterocycles. The molecule has 0 N–H and O–H groups in total. The molecule has 0 atom stereocenters. The zero-order chi connectivity index (χ0) is 29.3. The van der Waals surface area contributed by atoms with Crippen molar-refractivity contribution in [1.29, 1.82) is 15.8 Å². The van der Waals surface area contributed by atoms with Crippen LogP contribution in [0.3, 0.4) is 0 Å². The van der Waals surface area contributed by atoms with E-state index in [-0.39, 0.29) is 0 Å². The second-order valence-electron chi connectivity index (χ2n) is 10.5. The van der Waals surface area contributed by atoms with Gasteiger partial charge in [0.25, 0.3) is 0 Å². The van der Waals surface area contributed by atoms with Crippen molar-refractivity contribution in [2.75, 3.05) is 4.90 Å². The largest absolute Gasteiger partial charge is 0.310 e. The summed E-state index contributed by atoms with van der Waals surface area (Å²) >= 11 is 0. The summed E-state index contributed by atoms with van der Waals surface area (Å²) in [5.74, 6) is 0. The van der Waals surface area contributed by atoms with Gasteiger partial charge in [0.05, 0.1) is 34.9 Å². The quantitative estimate of drug-likeness (QED) is 0.220. The maximum absolute atomic E-state index is 9.35. The average molecular weight is 547 g/mol. The van der Waals surface area contributed by atoms with Gasteiger partial charge in [-0.15, -0.1) is 0 Å². The lowest BCUT2D eigenvalue weighted by molar-refractivity contribution is 1.29. The van der Waals surface area contributed by atoms with Crippen molar-refractivity contribution < 1.29 is 0 Å². The molecule has 7 aromatic rings. The molecule has 0 radical (unpaired) electrons. The van der Waals surface area contributed by atoms with E-state index in [1.807, 2.05) is 54.6 Å². The lowest BCUT2D eigenvalue weighted by atomic mass is 9.99. The standard InChI is InChI=1S/C39H22N4/c40-23-26-1-4-34-20-33(8-7-30(34)17-26)29-9-13-37(14-10-29)43(38-15-11-31-18-27(24-41)2-5-35(31)21-38)39-16-12-32-19-28(25-42)3-6-36(32)22-39/h1-22H. The van der Waals surface area contributed by atoms with Crippen molar-refractivity contribution in [2.45, 2.75) is 0 Å². The smallest absolute Gasteiger partial charge is 0.0991 e. The van der Waals surface area contributed by atoms with Crippen molar-refractivity contribution in [2.24, 2.45) is 0 Å². The molecule has 0 heterocycles. The maximum Gasteiger partial charge on any atom is 0.0991 e. The Morgan fingerprint density at radius 3 is 1.14 bits per heavy atom. The molecule has 7 aromatic carbocycles. The SMILES string of the molecule is N#Cc1ccc2cc(-c3ccc(N(c4ccc5cc(C#N)ccc5c4)c4ccc5cc(C#N)ccc5c4)cc3)ccc2c1. The number of anilines is 3. The van der Waals surface area contributed by atoms with Crippen LogP contribution in [0.15, 0.2) is 133 Å². The van der Waals surface area contributed by atoms with Crippen LogP contribution in [0, 0.1) is 34.0 Å². The molecular formula is C39H22N4. The molecule has 0 saturated heterocycles. The van der Waals surface area contributed by atoms with Gasteiger partial charge in [-0.25, -0.2) is 0 Å². The van der Waals surface area contributed by atoms with E-state index in [0.29, 0.717) is 16.7 Å². The molecule has 0 amide bonds. The normalized spacial score (nSPS) is 10.7. The average Bonchev–Trinajstić information content (AvgIpc) is 3.07. The lowest BCUT2D eigenvalue weighted by Gasteiger charge is -2.26. The predicted molar refractivity (Wildman–Crippen MR) is 173 cm³/mol. The van der Waals surface area contributed by atoms with E-state index < -0.39 is 0 Å². The topological polar surface area (TPSA) is 74.6 Å². The Bertz CT molecular complexity index is 2230. The third-order valence-electron chi connectivity index (χ3n) is 7.85. The van der Waals surface area contributed by atoms with E-state index in [1.54, 1.807) is 0 Å². The third kappa shape index (κ3) is 4.79. The first-order chi connectivity index (χ1) is 21.1. The predicted octanol–water partition coefficient (Wildman–Crippen LogP) is 9.90. The van der Waals surface area contributed by atoms with Crippen LogP contribution in [-0.2, 0) is 0 Å². The Morgan fingerprint density at radius 1 is 0.326 bits per heavy atom. The molecule has 0 saturated carbocycles. The number of fused-ring (bicyclic) bond motifs is 3. The molecule has 198 valence electrons. The van der Waals surface area contributed by atoms with Gasteiger partial charge in [0.1, 0.15) is 0 Å². The fraction of sp³-hybridized carbons (Fsp3) is 0. The van der Waals surface area contributed by atoms with Crippen LogP contribution in [0.1, 0.15) is 16.7 Å². The van der Waals surface area contributed by atoms with Gasteiger partial charge in [-0.2, -0.15) is 15.8 Å². The van der Waals surface area contributed by atoms with Crippen LogP contribution in [0.4, 0.5) is 17.1 Å². The summed E-state index contributed by atoms with van der Waals surface area (Å²) in [6.07, 6.45) is 0. The first-order valence-corrected chi connectivity index (χ1v) is 13.8. The van der Waals surface area contributed by atoms with Gasteiger partial charge in [0, 0.05) is 17.1 Å². The summed E-state index contributed by atoms with van der Waals surface area (Å²) in [6.45, 7) is 0. The zero-order valence-corrected chi connectivity index (χ0v) is 23.0. The Kier molecular flexibility index (Phi) is 6.26. The van der Waals surface area contributed by atoms with Crippen LogP contribution in [0.5, 0.6) is 0 Å². The summed E-state index contributed by atoms with van der Waals surface area (Å²) in [7, 11) is 0. The number of nitrogens with zero attached hydrogens (tertiary/aromatic N) is 4. The Hall–Kier alpha value is -6.41. The van der Waals surface area contributed by atoms with Crippen molar-refractivity contribution >= 4 is 49.4 Å². The first kappa shape index (κ1) is 25.6. The van der Waals surface area contributed by atoms with Crippen LogP contribution >= 0.6 is 0 Å². The Labute approximate surface area is 249 Å². The minimum absolute atomic E-state index is 0.637. The highest BCUT2D eigenvalue weighted by Crippen LogP contribution is 2.38.